The first kappa shape index (κ1) is 18.4. The van der Waals surface area contributed by atoms with Crippen LogP contribution in [0.2, 0.25) is 18.1 Å². The summed E-state index contributed by atoms with van der Waals surface area (Å²) in [5.74, 6) is 0.721. The molecule has 0 aliphatic heterocycles. The number of nitrogen functional groups attached to an aromatic ring is 1. The Balaban J connectivity index is 2.13. The van der Waals surface area contributed by atoms with Crippen molar-refractivity contribution < 1.29 is 8.82 Å². The van der Waals surface area contributed by atoms with Crippen molar-refractivity contribution in [2.24, 2.45) is 5.10 Å². The first-order chi connectivity index (χ1) is 11.1. The first-order valence-corrected chi connectivity index (χ1v) is 11.4. The Labute approximate surface area is 146 Å². The van der Waals surface area contributed by atoms with Crippen molar-refractivity contribution in [2.75, 3.05) is 11.2 Å². The molecule has 0 radical (unpaired) electrons. The van der Waals surface area contributed by atoms with Crippen LogP contribution >= 0.6 is 11.3 Å². The van der Waals surface area contributed by atoms with Crippen molar-refractivity contribution in [3.8, 4) is 5.75 Å². The highest BCUT2D eigenvalue weighted by Gasteiger charge is 2.39. The van der Waals surface area contributed by atoms with Crippen molar-refractivity contribution in [2.45, 2.75) is 38.9 Å². The molecule has 0 aliphatic rings. The molecule has 0 bridgehead atoms. The standard InChI is InChI=1S/C16H23FN4OSSi/c1-16(2,3)24(4,5)22-12-6-7-13(17)11(8-12)9-19-21-15-20-14(18)10-23-15/h6-10H,18H2,1-5H3,(H,20,21). The molecule has 1 aromatic heterocycles. The Bertz CT molecular complexity index is 740. The molecule has 5 nitrogen and oxygen atoms in total. The normalized spacial score (nSPS) is 12.6. The van der Waals surface area contributed by atoms with Gasteiger partial charge in [-0.3, -0.25) is 5.43 Å². The van der Waals surface area contributed by atoms with Gasteiger partial charge in [0.1, 0.15) is 17.4 Å². The number of hydrogen-bond donors (Lipinski definition) is 2. The van der Waals surface area contributed by atoms with Crippen LogP contribution in [0.1, 0.15) is 26.3 Å². The molecule has 0 saturated heterocycles. The number of hydrazone groups is 1. The zero-order chi connectivity index (χ0) is 18.0. The van der Waals surface area contributed by atoms with E-state index in [-0.39, 0.29) is 10.9 Å². The monoisotopic (exact) mass is 366 g/mol. The van der Waals surface area contributed by atoms with Gasteiger partial charge in [-0.25, -0.2) is 9.37 Å². The fourth-order valence-electron chi connectivity index (χ4n) is 1.63. The Hall–Kier alpha value is -1.93. The Morgan fingerprint density at radius 1 is 1.38 bits per heavy atom. The topological polar surface area (TPSA) is 72.5 Å². The lowest BCUT2D eigenvalue weighted by Gasteiger charge is -2.36. The van der Waals surface area contributed by atoms with Crippen LogP contribution in [0, 0.1) is 5.82 Å². The summed E-state index contributed by atoms with van der Waals surface area (Å²) in [4.78, 5) is 4.02. The fourth-order valence-corrected chi connectivity index (χ4v) is 3.20. The van der Waals surface area contributed by atoms with Gasteiger partial charge in [0.2, 0.25) is 13.4 Å². The minimum absolute atomic E-state index is 0.0714. The van der Waals surface area contributed by atoms with Crippen LogP contribution < -0.4 is 15.6 Å². The quantitative estimate of drug-likeness (QED) is 0.457. The third-order valence-corrected chi connectivity index (χ3v) is 9.16. The van der Waals surface area contributed by atoms with Gasteiger partial charge in [-0.2, -0.15) is 5.10 Å². The van der Waals surface area contributed by atoms with E-state index in [9.17, 15) is 4.39 Å². The number of nitrogens with two attached hydrogens (primary N) is 1. The molecule has 130 valence electrons. The number of nitrogens with one attached hydrogen (secondary N) is 1. The summed E-state index contributed by atoms with van der Waals surface area (Å²) in [7, 11) is -1.97. The summed E-state index contributed by atoms with van der Waals surface area (Å²) in [5, 5.41) is 6.33. The van der Waals surface area contributed by atoms with Crippen molar-refractivity contribution >= 4 is 36.8 Å². The van der Waals surface area contributed by atoms with Gasteiger partial charge in [-0.05, 0) is 36.3 Å². The van der Waals surface area contributed by atoms with E-state index < -0.39 is 8.32 Å². The molecule has 8 heteroatoms. The van der Waals surface area contributed by atoms with Crippen molar-refractivity contribution in [3.05, 3.63) is 35.0 Å². The number of benzene rings is 1. The summed E-state index contributed by atoms with van der Waals surface area (Å²) in [5.41, 5.74) is 8.62. The number of rotatable bonds is 5. The highest BCUT2D eigenvalue weighted by Crippen LogP contribution is 2.37. The molecule has 3 N–H and O–H groups in total. The van der Waals surface area contributed by atoms with Gasteiger partial charge in [0.15, 0.2) is 0 Å². The van der Waals surface area contributed by atoms with Gasteiger partial charge in [-0.15, -0.1) is 11.3 Å². The highest BCUT2D eigenvalue weighted by atomic mass is 32.1. The second-order valence-electron chi connectivity index (χ2n) is 6.99. The SMILES string of the molecule is CC(C)(C)[Si](C)(C)Oc1ccc(F)c(C=NNc2nc(N)cs2)c1. The summed E-state index contributed by atoms with van der Waals surface area (Å²) in [6.45, 7) is 10.8. The second kappa shape index (κ2) is 6.90. The van der Waals surface area contributed by atoms with E-state index in [1.165, 1.54) is 23.6 Å². The van der Waals surface area contributed by atoms with E-state index in [4.69, 9.17) is 10.2 Å². The lowest BCUT2D eigenvalue weighted by Crippen LogP contribution is -2.43. The first-order valence-electron chi connectivity index (χ1n) is 7.57. The van der Waals surface area contributed by atoms with Crippen LogP contribution in [-0.2, 0) is 0 Å². The number of hydrogen-bond acceptors (Lipinski definition) is 6. The van der Waals surface area contributed by atoms with Crippen LogP contribution in [-0.4, -0.2) is 19.5 Å². The van der Waals surface area contributed by atoms with Crippen molar-refractivity contribution in [3.63, 3.8) is 0 Å². The molecule has 0 aliphatic carbocycles. The van der Waals surface area contributed by atoms with Crippen molar-refractivity contribution in [1.29, 1.82) is 0 Å². The number of anilines is 2. The van der Waals surface area contributed by atoms with Crippen LogP contribution in [0.15, 0.2) is 28.7 Å². The molecule has 24 heavy (non-hydrogen) atoms. The van der Waals surface area contributed by atoms with E-state index in [0.29, 0.717) is 22.3 Å². The number of nitrogens with zero attached hydrogens (tertiary/aromatic N) is 2. The lowest BCUT2D eigenvalue weighted by atomic mass is 10.2. The molecule has 0 unspecified atom stereocenters. The van der Waals surface area contributed by atoms with Crippen LogP contribution in [0.3, 0.4) is 0 Å². The van der Waals surface area contributed by atoms with Crippen LogP contribution in [0.5, 0.6) is 5.75 Å². The molecule has 2 rings (SSSR count). The fraction of sp³-hybridized carbons (Fsp3) is 0.375. The van der Waals surface area contributed by atoms with Gasteiger partial charge >= 0.3 is 0 Å². The maximum atomic E-state index is 14.0. The van der Waals surface area contributed by atoms with E-state index in [1.54, 1.807) is 17.5 Å². The van der Waals surface area contributed by atoms with Gasteiger partial charge in [-0.1, -0.05) is 20.8 Å². The van der Waals surface area contributed by atoms with Gasteiger partial charge < -0.3 is 10.2 Å². The van der Waals surface area contributed by atoms with Crippen LogP contribution in [0.25, 0.3) is 0 Å². The summed E-state index contributed by atoms with van der Waals surface area (Å²) in [6.07, 6.45) is 1.41. The number of halogens is 1. The van der Waals surface area contributed by atoms with E-state index in [1.807, 2.05) is 0 Å². The zero-order valence-electron chi connectivity index (χ0n) is 14.6. The Morgan fingerprint density at radius 2 is 2.08 bits per heavy atom. The minimum atomic E-state index is -1.97. The summed E-state index contributed by atoms with van der Waals surface area (Å²) < 4.78 is 20.2. The molecule has 0 atom stereocenters. The lowest BCUT2D eigenvalue weighted by molar-refractivity contribution is 0.490. The Kier molecular flexibility index (Phi) is 5.29. The summed E-state index contributed by atoms with van der Waals surface area (Å²) >= 11 is 1.33. The van der Waals surface area contributed by atoms with E-state index >= 15 is 0 Å². The molecular formula is C16H23FN4OSSi. The zero-order valence-corrected chi connectivity index (χ0v) is 16.4. The minimum Gasteiger partial charge on any atom is -0.543 e. The highest BCUT2D eigenvalue weighted by molar-refractivity contribution is 7.14. The largest absolute Gasteiger partial charge is 0.543 e. The maximum absolute atomic E-state index is 14.0. The number of aromatic nitrogens is 1. The predicted molar refractivity (Wildman–Crippen MR) is 102 cm³/mol. The molecule has 0 amide bonds. The van der Waals surface area contributed by atoms with E-state index in [2.05, 4.69) is 49.4 Å². The molecule has 0 saturated carbocycles. The molecule has 0 spiro atoms. The third kappa shape index (κ3) is 4.54. The molecule has 2 aromatic rings. The predicted octanol–water partition coefficient (Wildman–Crippen LogP) is 4.69. The molecular weight excluding hydrogens is 343 g/mol. The smallest absolute Gasteiger partial charge is 0.250 e. The van der Waals surface area contributed by atoms with E-state index in [0.717, 1.165) is 0 Å². The molecule has 1 heterocycles. The number of thiazole rings is 1. The summed E-state index contributed by atoms with van der Waals surface area (Å²) in [6, 6.07) is 4.71. The van der Waals surface area contributed by atoms with Gasteiger partial charge in [0.25, 0.3) is 0 Å². The second-order valence-corrected chi connectivity index (χ2v) is 12.6. The maximum Gasteiger partial charge on any atom is 0.250 e. The Morgan fingerprint density at radius 3 is 2.67 bits per heavy atom. The van der Waals surface area contributed by atoms with Crippen molar-refractivity contribution in [1.82, 2.24) is 4.98 Å². The van der Waals surface area contributed by atoms with Gasteiger partial charge in [0, 0.05) is 10.9 Å². The average molecular weight is 367 g/mol. The molecule has 1 aromatic carbocycles. The van der Waals surface area contributed by atoms with Crippen LogP contribution in [0.4, 0.5) is 15.3 Å². The molecule has 0 fully saturated rings. The third-order valence-electron chi connectivity index (χ3n) is 4.03. The average Bonchev–Trinajstić information content (AvgIpc) is 2.86. The van der Waals surface area contributed by atoms with Gasteiger partial charge in [0.05, 0.1) is 6.21 Å².